The van der Waals surface area contributed by atoms with Gasteiger partial charge in [-0.1, -0.05) is 18.2 Å². The largest absolute Gasteiger partial charge is 0.493 e. The Balaban J connectivity index is 2.00. The minimum absolute atomic E-state index is 0.213. The first-order valence-corrected chi connectivity index (χ1v) is 8.92. The Morgan fingerprint density at radius 1 is 1.00 bits per heavy atom. The maximum Gasteiger partial charge on any atom is 0.274 e. The highest BCUT2D eigenvalue weighted by Gasteiger charge is 2.22. The molecule has 0 radical (unpaired) electrons. The first-order chi connectivity index (χ1) is 13.9. The predicted molar refractivity (Wildman–Crippen MR) is 109 cm³/mol. The Hall–Kier alpha value is -3.55. The summed E-state index contributed by atoms with van der Waals surface area (Å²) in [6.07, 6.45) is 0. The summed E-state index contributed by atoms with van der Waals surface area (Å²) < 4.78 is 17.4. The van der Waals surface area contributed by atoms with Crippen molar-refractivity contribution >= 4 is 16.7 Å². The molecule has 2 aromatic carbocycles. The van der Waals surface area contributed by atoms with E-state index in [4.69, 9.17) is 14.2 Å². The summed E-state index contributed by atoms with van der Waals surface area (Å²) in [6, 6.07) is 10.5. The van der Waals surface area contributed by atoms with E-state index in [0.29, 0.717) is 28.0 Å². The van der Waals surface area contributed by atoms with Crippen LogP contribution in [0.1, 0.15) is 16.1 Å². The molecule has 0 saturated carbocycles. The Kier molecular flexibility index (Phi) is 5.72. The Bertz CT molecular complexity index is 1120. The molecule has 3 rings (SSSR count). The van der Waals surface area contributed by atoms with Crippen molar-refractivity contribution in [2.24, 2.45) is 7.05 Å². The highest BCUT2D eigenvalue weighted by molar-refractivity contribution is 6.04. The number of methoxy groups -OCH3 is 3. The van der Waals surface area contributed by atoms with Crippen LogP contribution in [0, 0.1) is 0 Å². The highest BCUT2D eigenvalue weighted by Crippen LogP contribution is 2.40. The fourth-order valence-corrected chi connectivity index (χ4v) is 3.25. The van der Waals surface area contributed by atoms with Crippen LogP contribution in [0.15, 0.2) is 41.2 Å². The van der Waals surface area contributed by atoms with Gasteiger partial charge in [0.2, 0.25) is 5.75 Å². The molecule has 0 spiro atoms. The lowest BCUT2D eigenvalue weighted by Gasteiger charge is -2.21. The van der Waals surface area contributed by atoms with Crippen LogP contribution in [0.4, 0.5) is 0 Å². The maximum atomic E-state index is 13.2. The van der Waals surface area contributed by atoms with Gasteiger partial charge >= 0.3 is 0 Å². The topological polar surface area (TPSA) is 82.9 Å². The first-order valence-electron chi connectivity index (χ1n) is 8.92. The van der Waals surface area contributed by atoms with E-state index >= 15 is 0 Å². The van der Waals surface area contributed by atoms with Gasteiger partial charge in [-0.25, -0.2) is 4.68 Å². The summed E-state index contributed by atoms with van der Waals surface area (Å²) >= 11 is 0. The second kappa shape index (κ2) is 8.22. The molecule has 29 heavy (non-hydrogen) atoms. The fourth-order valence-electron chi connectivity index (χ4n) is 3.25. The summed E-state index contributed by atoms with van der Waals surface area (Å²) in [5, 5.41) is 5.17. The van der Waals surface area contributed by atoms with E-state index in [2.05, 4.69) is 5.10 Å². The molecule has 0 atom stereocenters. The first kappa shape index (κ1) is 20.2. The molecule has 0 aliphatic carbocycles. The van der Waals surface area contributed by atoms with E-state index in [1.165, 1.54) is 30.8 Å². The lowest BCUT2D eigenvalue weighted by Crippen LogP contribution is -2.31. The van der Waals surface area contributed by atoms with E-state index in [-0.39, 0.29) is 23.7 Å². The molecule has 0 N–H and O–H groups in total. The van der Waals surface area contributed by atoms with E-state index in [1.54, 1.807) is 44.5 Å². The number of ether oxygens (including phenoxy) is 3. The highest BCUT2D eigenvalue weighted by atomic mass is 16.5. The Morgan fingerprint density at radius 3 is 2.28 bits per heavy atom. The lowest BCUT2D eigenvalue weighted by molar-refractivity contribution is 0.0778. The van der Waals surface area contributed by atoms with Gasteiger partial charge in [-0.3, -0.25) is 9.59 Å². The summed E-state index contributed by atoms with van der Waals surface area (Å²) in [4.78, 5) is 27.0. The van der Waals surface area contributed by atoms with Crippen LogP contribution in [0.25, 0.3) is 10.8 Å². The number of amides is 1. The number of aromatic nitrogens is 2. The molecular weight excluding hydrogens is 374 g/mol. The van der Waals surface area contributed by atoms with Crippen molar-refractivity contribution in [2.75, 3.05) is 28.4 Å². The van der Waals surface area contributed by atoms with Crippen molar-refractivity contribution in [1.82, 2.24) is 14.7 Å². The summed E-state index contributed by atoms with van der Waals surface area (Å²) in [7, 11) is 7.80. The number of hydrogen-bond acceptors (Lipinski definition) is 6. The number of carbonyl (C=O) groups excluding carboxylic acids is 1. The standard InChI is InChI=1S/C21H23N3O5/c1-23(12-13-10-11-16(27-3)19(29-5)18(13)28-4)21(26)17-14-8-6-7-9-15(14)20(25)24(2)22-17/h6-11H,12H2,1-5H3. The van der Waals surface area contributed by atoms with E-state index < -0.39 is 0 Å². The monoisotopic (exact) mass is 397 g/mol. The number of rotatable bonds is 6. The van der Waals surface area contributed by atoms with Crippen LogP contribution in [-0.2, 0) is 13.6 Å². The minimum Gasteiger partial charge on any atom is -0.493 e. The van der Waals surface area contributed by atoms with Gasteiger partial charge < -0.3 is 19.1 Å². The second-order valence-corrected chi connectivity index (χ2v) is 6.48. The third-order valence-corrected chi connectivity index (χ3v) is 4.70. The third kappa shape index (κ3) is 3.61. The molecule has 0 aliphatic rings. The van der Waals surface area contributed by atoms with Gasteiger partial charge in [0.25, 0.3) is 11.5 Å². The molecule has 8 nitrogen and oxygen atoms in total. The van der Waals surface area contributed by atoms with Crippen LogP contribution in [-0.4, -0.2) is 49.0 Å². The average molecular weight is 397 g/mol. The molecule has 0 aliphatic heterocycles. The Morgan fingerprint density at radius 2 is 1.66 bits per heavy atom. The molecular formula is C21H23N3O5. The molecule has 152 valence electrons. The molecule has 3 aromatic rings. The van der Waals surface area contributed by atoms with Crippen molar-refractivity contribution in [3.8, 4) is 17.2 Å². The SMILES string of the molecule is COc1ccc(CN(C)C(=O)c2nn(C)c(=O)c3ccccc23)c(OC)c1OC. The maximum absolute atomic E-state index is 13.2. The molecule has 1 amide bonds. The van der Waals surface area contributed by atoms with Crippen molar-refractivity contribution in [3.63, 3.8) is 0 Å². The zero-order valence-electron chi connectivity index (χ0n) is 17.1. The molecule has 0 unspecified atom stereocenters. The fraction of sp³-hybridized carbons (Fsp3) is 0.286. The Labute approximate surface area is 168 Å². The zero-order valence-corrected chi connectivity index (χ0v) is 17.1. The van der Waals surface area contributed by atoms with Gasteiger partial charge in [0.15, 0.2) is 17.2 Å². The lowest BCUT2D eigenvalue weighted by atomic mass is 10.1. The average Bonchev–Trinajstić information content (AvgIpc) is 2.75. The van der Waals surface area contributed by atoms with E-state index in [1.807, 2.05) is 6.07 Å². The van der Waals surface area contributed by atoms with E-state index in [9.17, 15) is 9.59 Å². The molecule has 0 bridgehead atoms. The number of carbonyl (C=O) groups is 1. The molecule has 0 saturated heterocycles. The van der Waals surface area contributed by atoms with Gasteiger partial charge in [-0.2, -0.15) is 5.10 Å². The third-order valence-electron chi connectivity index (χ3n) is 4.70. The normalized spacial score (nSPS) is 10.7. The summed E-state index contributed by atoms with van der Waals surface area (Å²) in [5.74, 6) is 1.17. The van der Waals surface area contributed by atoms with Gasteiger partial charge in [-0.05, 0) is 18.2 Å². The van der Waals surface area contributed by atoms with Gasteiger partial charge in [0, 0.05) is 31.6 Å². The van der Waals surface area contributed by atoms with Crippen LogP contribution < -0.4 is 19.8 Å². The molecule has 8 heteroatoms. The van der Waals surface area contributed by atoms with Crippen LogP contribution in [0.3, 0.4) is 0 Å². The van der Waals surface area contributed by atoms with Gasteiger partial charge in [0.1, 0.15) is 0 Å². The molecule has 0 fully saturated rings. The number of hydrogen-bond donors (Lipinski definition) is 0. The quantitative estimate of drug-likeness (QED) is 0.634. The van der Waals surface area contributed by atoms with Crippen molar-refractivity contribution in [3.05, 3.63) is 58.0 Å². The van der Waals surface area contributed by atoms with Gasteiger partial charge in [0.05, 0.1) is 26.7 Å². The number of fused-ring (bicyclic) bond motifs is 1. The van der Waals surface area contributed by atoms with Crippen molar-refractivity contribution in [2.45, 2.75) is 6.54 Å². The van der Waals surface area contributed by atoms with Crippen LogP contribution in [0.2, 0.25) is 0 Å². The van der Waals surface area contributed by atoms with E-state index in [0.717, 1.165) is 5.56 Å². The molecule has 1 heterocycles. The minimum atomic E-state index is -0.311. The predicted octanol–water partition coefficient (Wildman–Crippen LogP) is 2.23. The summed E-state index contributed by atoms with van der Waals surface area (Å²) in [5.41, 5.74) is 0.709. The van der Waals surface area contributed by atoms with Crippen LogP contribution >= 0.6 is 0 Å². The number of benzene rings is 2. The number of aryl methyl sites for hydroxylation is 1. The molecule has 1 aromatic heterocycles. The van der Waals surface area contributed by atoms with Crippen LogP contribution in [0.5, 0.6) is 17.2 Å². The van der Waals surface area contributed by atoms with Crippen molar-refractivity contribution < 1.29 is 19.0 Å². The number of nitrogens with zero attached hydrogens (tertiary/aromatic N) is 3. The zero-order chi connectivity index (χ0) is 21.1. The second-order valence-electron chi connectivity index (χ2n) is 6.48. The smallest absolute Gasteiger partial charge is 0.274 e. The van der Waals surface area contributed by atoms with Gasteiger partial charge in [-0.15, -0.1) is 0 Å². The van der Waals surface area contributed by atoms with Crippen molar-refractivity contribution in [1.29, 1.82) is 0 Å². The summed E-state index contributed by atoms with van der Waals surface area (Å²) in [6.45, 7) is 0.251.